The minimum Gasteiger partial charge on any atom is -0.490 e. The van der Waals surface area contributed by atoms with Gasteiger partial charge in [0.1, 0.15) is 18.5 Å². The van der Waals surface area contributed by atoms with E-state index in [0.717, 1.165) is 16.5 Å². The zero-order valence-corrected chi connectivity index (χ0v) is 17.3. The Bertz CT molecular complexity index is 790. The summed E-state index contributed by atoms with van der Waals surface area (Å²) in [5, 5.41) is 0. The van der Waals surface area contributed by atoms with Crippen molar-refractivity contribution < 1.29 is 22.1 Å². The molecule has 2 rings (SSSR count). The van der Waals surface area contributed by atoms with E-state index in [1.54, 1.807) is 12.1 Å². The molecule has 0 spiro atoms. The zero-order chi connectivity index (χ0) is 19.0. The molecular formula is C19H23BrO5S. The van der Waals surface area contributed by atoms with E-state index in [2.05, 4.69) is 15.9 Å². The molecule has 142 valence electrons. The monoisotopic (exact) mass is 442 g/mol. The van der Waals surface area contributed by atoms with Crippen LogP contribution in [-0.4, -0.2) is 34.3 Å². The highest BCUT2D eigenvalue weighted by Crippen LogP contribution is 2.24. The van der Waals surface area contributed by atoms with Gasteiger partial charge < -0.3 is 9.47 Å². The van der Waals surface area contributed by atoms with E-state index >= 15 is 0 Å². The lowest BCUT2D eigenvalue weighted by molar-refractivity contribution is -0.00577. The lowest BCUT2D eigenvalue weighted by Crippen LogP contribution is -2.29. The first-order chi connectivity index (χ1) is 12.4. The van der Waals surface area contributed by atoms with Crippen LogP contribution in [0.4, 0.5) is 0 Å². The van der Waals surface area contributed by atoms with Crippen LogP contribution in [0.5, 0.6) is 5.75 Å². The molecule has 1 atom stereocenters. The summed E-state index contributed by atoms with van der Waals surface area (Å²) in [6.07, 6.45) is 0.318. The quantitative estimate of drug-likeness (QED) is 0.512. The highest BCUT2D eigenvalue weighted by Gasteiger charge is 2.19. The van der Waals surface area contributed by atoms with Crippen molar-refractivity contribution in [2.45, 2.75) is 31.3 Å². The third kappa shape index (κ3) is 6.39. The van der Waals surface area contributed by atoms with Gasteiger partial charge in [-0.2, -0.15) is 8.42 Å². The predicted molar refractivity (Wildman–Crippen MR) is 104 cm³/mol. The maximum atomic E-state index is 12.3. The van der Waals surface area contributed by atoms with Gasteiger partial charge in [-0.05, 0) is 53.5 Å². The van der Waals surface area contributed by atoms with E-state index in [1.165, 1.54) is 12.1 Å². The van der Waals surface area contributed by atoms with Crippen molar-refractivity contribution in [3.8, 4) is 5.75 Å². The Morgan fingerprint density at radius 3 is 2.38 bits per heavy atom. The third-order valence-electron chi connectivity index (χ3n) is 3.54. The van der Waals surface area contributed by atoms with Crippen LogP contribution in [0.1, 0.15) is 18.9 Å². The molecule has 0 aliphatic heterocycles. The van der Waals surface area contributed by atoms with Gasteiger partial charge in [0, 0.05) is 6.61 Å². The number of hydrogen-bond donors (Lipinski definition) is 0. The van der Waals surface area contributed by atoms with Gasteiger partial charge in [-0.15, -0.1) is 0 Å². The SMILES string of the molecule is CCCO[C@H](COc1ccccc1Br)COS(=O)(=O)c1ccc(C)cc1. The van der Waals surface area contributed by atoms with Gasteiger partial charge >= 0.3 is 0 Å². The zero-order valence-electron chi connectivity index (χ0n) is 14.9. The molecule has 0 saturated carbocycles. The highest BCUT2D eigenvalue weighted by molar-refractivity contribution is 9.10. The normalized spacial score (nSPS) is 12.7. The van der Waals surface area contributed by atoms with Gasteiger partial charge in [0.15, 0.2) is 0 Å². The number of hydrogen-bond acceptors (Lipinski definition) is 5. The van der Waals surface area contributed by atoms with Gasteiger partial charge in [-0.1, -0.05) is 36.8 Å². The average molecular weight is 443 g/mol. The van der Waals surface area contributed by atoms with Crippen LogP contribution in [0, 0.1) is 6.92 Å². The molecule has 0 N–H and O–H groups in total. The molecule has 0 unspecified atom stereocenters. The Hall–Kier alpha value is -1.41. The maximum Gasteiger partial charge on any atom is 0.297 e. The summed E-state index contributed by atoms with van der Waals surface area (Å²) in [5.41, 5.74) is 0.981. The van der Waals surface area contributed by atoms with Crippen LogP contribution in [0.3, 0.4) is 0 Å². The van der Waals surface area contributed by atoms with Gasteiger partial charge in [0.05, 0.1) is 16.0 Å². The van der Waals surface area contributed by atoms with Crippen LogP contribution < -0.4 is 4.74 Å². The molecule has 0 radical (unpaired) electrons. The minimum absolute atomic E-state index is 0.110. The van der Waals surface area contributed by atoms with Crippen molar-refractivity contribution in [1.82, 2.24) is 0 Å². The van der Waals surface area contributed by atoms with Crippen molar-refractivity contribution >= 4 is 26.0 Å². The Morgan fingerprint density at radius 2 is 1.73 bits per heavy atom. The van der Waals surface area contributed by atoms with E-state index in [-0.39, 0.29) is 18.1 Å². The first-order valence-electron chi connectivity index (χ1n) is 8.37. The predicted octanol–water partition coefficient (Wildman–Crippen LogP) is 4.34. The van der Waals surface area contributed by atoms with Crippen LogP contribution >= 0.6 is 15.9 Å². The number of ether oxygens (including phenoxy) is 2. The molecule has 0 fully saturated rings. The number of halogens is 1. The van der Waals surface area contributed by atoms with Crippen LogP contribution in [-0.2, 0) is 19.0 Å². The molecule has 0 aliphatic rings. The number of rotatable bonds is 10. The van der Waals surface area contributed by atoms with E-state index in [9.17, 15) is 8.42 Å². The average Bonchev–Trinajstić information content (AvgIpc) is 2.62. The topological polar surface area (TPSA) is 61.8 Å². The van der Waals surface area contributed by atoms with Gasteiger partial charge in [0.2, 0.25) is 0 Å². The summed E-state index contributed by atoms with van der Waals surface area (Å²) in [5.74, 6) is 0.666. The molecule has 5 nitrogen and oxygen atoms in total. The molecule has 0 bridgehead atoms. The Morgan fingerprint density at radius 1 is 1.04 bits per heavy atom. The highest BCUT2D eigenvalue weighted by atomic mass is 79.9. The number of aryl methyl sites for hydroxylation is 1. The van der Waals surface area contributed by atoms with Gasteiger partial charge in [-0.25, -0.2) is 0 Å². The lowest BCUT2D eigenvalue weighted by atomic mass is 10.2. The number of benzene rings is 2. The van der Waals surface area contributed by atoms with E-state index < -0.39 is 16.2 Å². The summed E-state index contributed by atoms with van der Waals surface area (Å²) >= 11 is 3.41. The second-order valence-electron chi connectivity index (χ2n) is 5.79. The molecule has 26 heavy (non-hydrogen) atoms. The molecule has 0 aromatic heterocycles. The molecule has 2 aromatic rings. The third-order valence-corrected chi connectivity index (χ3v) is 5.49. The fraction of sp³-hybridized carbons (Fsp3) is 0.368. The molecule has 0 amide bonds. The smallest absolute Gasteiger partial charge is 0.297 e. The molecule has 0 heterocycles. The van der Waals surface area contributed by atoms with Crippen LogP contribution in [0.2, 0.25) is 0 Å². The fourth-order valence-electron chi connectivity index (χ4n) is 2.11. The second kappa shape index (κ2) is 10.1. The Balaban J connectivity index is 1.98. The Labute approximate surface area is 163 Å². The van der Waals surface area contributed by atoms with Crippen molar-refractivity contribution in [3.63, 3.8) is 0 Å². The van der Waals surface area contributed by atoms with Crippen molar-refractivity contribution in [3.05, 3.63) is 58.6 Å². The largest absolute Gasteiger partial charge is 0.490 e. The molecular weight excluding hydrogens is 420 g/mol. The first kappa shape index (κ1) is 20.9. The Kier molecular flexibility index (Phi) is 8.09. The van der Waals surface area contributed by atoms with Crippen LogP contribution in [0.15, 0.2) is 57.9 Å². The van der Waals surface area contributed by atoms with Crippen molar-refractivity contribution in [2.75, 3.05) is 19.8 Å². The first-order valence-corrected chi connectivity index (χ1v) is 10.6. The summed E-state index contributed by atoms with van der Waals surface area (Å²) in [6.45, 7) is 4.45. The molecule has 7 heteroatoms. The maximum absolute atomic E-state index is 12.3. The van der Waals surface area contributed by atoms with Gasteiger partial charge in [-0.3, -0.25) is 4.18 Å². The minimum atomic E-state index is -3.83. The molecule has 2 aromatic carbocycles. The lowest BCUT2D eigenvalue weighted by Gasteiger charge is -2.19. The van der Waals surface area contributed by atoms with Crippen molar-refractivity contribution in [2.24, 2.45) is 0 Å². The van der Waals surface area contributed by atoms with Crippen molar-refractivity contribution in [1.29, 1.82) is 0 Å². The summed E-state index contributed by atoms with van der Waals surface area (Å²) in [7, 11) is -3.83. The summed E-state index contributed by atoms with van der Waals surface area (Å²) in [6, 6.07) is 14.0. The fourth-order valence-corrected chi connectivity index (χ4v) is 3.45. The van der Waals surface area contributed by atoms with E-state index in [4.69, 9.17) is 13.7 Å². The summed E-state index contributed by atoms with van der Waals surface area (Å²) in [4.78, 5) is 0.129. The van der Waals surface area contributed by atoms with E-state index in [0.29, 0.717) is 12.4 Å². The molecule has 0 aliphatic carbocycles. The van der Waals surface area contributed by atoms with Crippen LogP contribution in [0.25, 0.3) is 0 Å². The molecule has 0 saturated heterocycles. The summed E-state index contributed by atoms with van der Waals surface area (Å²) < 4.78 is 42.1. The number of para-hydroxylation sites is 1. The second-order valence-corrected chi connectivity index (χ2v) is 8.26. The standard InChI is InChI=1S/C19H23BrO5S/c1-3-12-23-16(13-24-19-7-5-4-6-18(19)20)14-25-26(21,22)17-10-8-15(2)9-11-17/h4-11,16H,3,12-14H2,1-2H3/t16-/m1/s1. The van der Waals surface area contributed by atoms with Gasteiger partial charge in [0.25, 0.3) is 10.1 Å². The van der Waals surface area contributed by atoms with E-state index in [1.807, 2.05) is 38.1 Å².